The van der Waals surface area contributed by atoms with Crippen LogP contribution < -0.4 is 10.1 Å². The topological polar surface area (TPSA) is 82.2 Å². The standard InChI is InChI=1S/C17H17FN4O3/c1-11-12(8-22(2)21-11)7-19-17(23)15-9-25-16(20-15)10-24-14-5-3-4-13(18)6-14/h3-6,8-9H,7,10H2,1-2H3,(H,19,23). The van der Waals surface area contributed by atoms with Gasteiger partial charge in [-0.25, -0.2) is 9.37 Å². The van der Waals surface area contributed by atoms with Crippen molar-refractivity contribution < 1.29 is 18.3 Å². The maximum atomic E-state index is 13.1. The van der Waals surface area contributed by atoms with E-state index in [0.29, 0.717) is 12.3 Å². The van der Waals surface area contributed by atoms with Crippen molar-refractivity contribution in [2.24, 2.45) is 7.05 Å². The van der Waals surface area contributed by atoms with Gasteiger partial charge in [-0.2, -0.15) is 5.10 Å². The third-order valence-electron chi connectivity index (χ3n) is 3.50. The van der Waals surface area contributed by atoms with Crippen LogP contribution in [0.25, 0.3) is 0 Å². The Hall–Kier alpha value is -3.16. The van der Waals surface area contributed by atoms with Gasteiger partial charge in [0.15, 0.2) is 12.3 Å². The van der Waals surface area contributed by atoms with Crippen LogP contribution in [0.15, 0.2) is 41.1 Å². The molecule has 0 aliphatic carbocycles. The molecule has 0 unspecified atom stereocenters. The summed E-state index contributed by atoms with van der Waals surface area (Å²) in [5.41, 5.74) is 1.93. The number of hydrogen-bond donors (Lipinski definition) is 1. The zero-order valence-electron chi connectivity index (χ0n) is 13.8. The molecule has 0 atom stereocenters. The van der Waals surface area contributed by atoms with Crippen molar-refractivity contribution in [3.63, 3.8) is 0 Å². The molecule has 0 bridgehead atoms. The van der Waals surface area contributed by atoms with Crippen molar-refractivity contribution in [1.82, 2.24) is 20.1 Å². The lowest BCUT2D eigenvalue weighted by atomic mass is 10.2. The minimum Gasteiger partial charge on any atom is -0.484 e. The summed E-state index contributed by atoms with van der Waals surface area (Å²) in [4.78, 5) is 16.2. The normalized spacial score (nSPS) is 10.7. The highest BCUT2D eigenvalue weighted by Crippen LogP contribution is 2.14. The van der Waals surface area contributed by atoms with E-state index in [1.54, 1.807) is 16.8 Å². The molecule has 2 aromatic heterocycles. The van der Waals surface area contributed by atoms with Gasteiger partial charge < -0.3 is 14.5 Å². The first-order chi connectivity index (χ1) is 12.0. The van der Waals surface area contributed by atoms with Crippen molar-refractivity contribution in [1.29, 1.82) is 0 Å². The zero-order valence-corrected chi connectivity index (χ0v) is 13.8. The molecule has 2 heterocycles. The second-order valence-corrected chi connectivity index (χ2v) is 5.47. The van der Waals surface area contributed by atoms with Gasteiger partial charge in [-0.15, -0.1) is 0 Å². The molecule has 130 valence electrons. The minimum atomic E-state index is -0.393. The Kier molecular flexibility index (Phi) is 4.78. The predicted octanol–water partition coefficient (Wildman–Crippen LogP) is 2.36. The molecule has 7 nitrogen and oxygen atoms in total. The number of benzene rings is 1. The van der Waals surface area contributed by atoms with Gasteiger partial charge in [0, 0.05) is 31.4 Å². The SMILES string of the molecule is Cc1nn(C)cc1CNC(=O)c1coc(COc2cccc(F)c2)n1. The highest BCUT2D eigenvalue weighted by molar-refractivity contribution is 5.91. The summed E-state index contributed by atoms with van der Waals surface area (Å²) in [6, 6.07) is 5.74. The van der Waals surface area contributed by atoms with E-state index in [0.717, 1.165) is 11.3 Å². The van der Waals surface area contributed by atoms with Crippen LogP contribution in [0, 0.1) is 12.7 Å². The van der Waals surface area contributed by atoms with Gasteiger partial charge in [0.05, 0.1) is 5.69 Å². The number of carbonyl (C=O) groups excluding carboxylic acids is 1. The van der Waals surface area contributed by atoms with E-state index in [2.05, 4.69) is 15.4 Å². The average molecular weight is 344 g/mol. The van der Waals surface area contributed by atoms with Crippen LogP contribution in [-0.4, -0.2) is 20.7 Å². The third-order valence-corrected chi connectivity index (χ3v) is 3.50. The fourth-order valence-electron chi connectivity index (χ4n) is 2.27. The number of aromatic nitrogens is 3. The van der Waals surface area contributed by atoms with Crippen molar-refractivity contribution in [2.45, 2.75) is 20.1 Å². The Balaban J connectivity index is 1.55. The highest BCUT2D eigenvalue weighted by Gasteiger charge is 2.13. The van der Waals surface area contributed by atoms with Crippen molar-refractivity contribution in [3.05, 3.63) is 65.4 Å². The monoisotopic (exact) mass is 344 g/mol. The van der Waals surface area contributed by atoms with Gasteiger partial charge in [-0.3, -0.25) is 9.48 Å². The molecular formula is C17H17FN4O3. The number of ether oxygens (including phenoxy) is 1. The van der Waals surface area contributed by atoms with E-state index < -0.39 is 5.82 Å². The van der Waals surface area contributed by atoms with E-state index in [1.165, 1.54) is 18.4 Å². The fourth-order valence-corrected chi connectivity index (χ4v) is 2.27. The van der Waals surface area contributed by atoms with Crippen LogP contribution in [-0.2, 0) is 20.2 Å². The molecule has 0 fully saturated rings. The Morgan fingerprint density at radius 1 is 1.44 bits per heavy atom. The van der Waals surface area contributed by atoms with Crippen LogP contribution in [0.1, 0.15) is 27.6 Å². The van der Waals surface area contributed by atoms with Crippen molar-refractivity contribution in [2.75, 3.05) is 0 Å². The average Bonchev–Trinajstić information content (AvgIpc) is 3.17. The lowest BCUT2D eigenvalue weighted by Crippen LogP contribution is -2.23. The largest absolute Gasteiger partial charge is 0.484 e. The molecule has 0 saturated carbocycles. The zero-order chi connectivity index (χ0) is 17.8. The fraction of sp³-hybridized carbons (Fsp3) is 0.235. The van der Waals surface area contributed by atoms with Crippen LogP contribution in [0.4, 0.5) is 4.39 Å². The van der Waals surface area contributed by atoms with E-state index in [1.807, 2.05) is 20.2 Å². The van der Waals surface area contributed by atoms with Gasteiger partial charge >= 0.3 is 0 Å². The van der Waals surface area contributed by atoms with Gasteiger partial charge in [-0.1, -0.05) is 6.07 Å². The highest BCUT2D eigenvalue weighted by atomic mass is 19.1. The van der Waals surface area contributed by atoms with Gasteiger partial charge in [-0.05, 0) is 19.1 Å². The number of oxazole rings is 1. The Morgan fingerprint density at radius 2 is 2.28 bits per heavy atom. The number of amides is 1. The summed E-state index contributed by atoms with van der Waals surface area (Å²) in [5, 5.41) is 6.97. The van der Waals surface area contributed by atoms with Gasteiger partial charge in [0.25, 0.3) is 5.91 Å². The number of halogens is 1. The minimum absolute atomic E-state index is 0.00154. The molecule has 0 saturated heterocycles. The summed E-state index contributed by atoms with van der Waals surface area (Å²) >= 11 is 0. The lowest BCUT2D eigenvalue weighted by Gasteiger charge is -2.03. The van der Waals surface area contributed by atoms with E-state index in [9.17, 15) is 9.18 Å². The quantitative estimate of drug-likeness (QED) is 0.742. The molecule has 1 N–H and O–H groups in total. The second-order valence-electron chi connectivity index (χ2n) is 5.47. The molecular weight excluding hydrogens is 327 g/mol. The van der Waals surface area contributed by atoms with Crippen LogP contribution in [0.2, 0.25) is 0 Å². The number of carbonyl (C=O) groups is 1. The first-order valence-electron chi connectivity index (χ1n) is 7.61. The Bertz CT molecular complexity index is 888. The van der Waals surface area contributed by atoms with Crippen molar-refractivity contribution in [3.8, 4) is 5.75 Å². The maximum Gasteiger partial charge on any atom is 0.273 e. The summed E-state index contributed by atoms with van der Waals surface area (Å²) in [6.07, 6.45) is 3.10. The maximum absolute atomic E-state index is 13.1. The summed E-state index contributed by atoms with van der Waals surface area (Å²) < 4.78 is 25.4. The van der Waals surface area contributed by atoms with E-state index in [4.69, 9.17) is 9.15 Å². The first kappa shape index (κ1) is 16.7. The molecule has 3 aromatic rings. The predicted molar refractivity (Wildman–Crippen MR) is 86.4 cm³/mol. The Morgan fingerprint density at radius 3 is 3.00 bits per heavy atom. The van der Waals surface area contributed by atoms with E-state index in [-0.39, 0.29) is 24.1 Å². The van der Waals surface area contributed by atoms with Gasteiger partial charge in [0.1, 0.15) is 17.8 Å². The molecule has 0 aliphatic rings. The van der Waals surface area contributed by atoms with Crippen molar-refractivity contribution >= 4 is 5.91 Å². The number of aryl methyl sites for hydroxylation is 2. The smallest absolute Gasteiger partial charge is 0.273 e. The number of hydrogen-bond acceptors (Lipinski definition) is 5. The van der Waals surface area contributed by atoms with Crippen LogP contribution >= 0.6 is 0 Å². The molecule has 3 rings (SSSR count). The molecule has 8 heteroatoms. The molecule has 1 aromatic carbocycles. The van der Waals surface area contributed by atoms with Gasteiger partial charge in [0.2, 0.25) is 5.89 Å². The molecule has 0 spiro atoms. The lowest BCUT2D eigenvalue weighted by molar-refractivity contribution is 0.0946. The molecule has 0 aliphatic heterocycles. The van der Waals surface area contributed by atoms with E-state index >= 15 is 0 Å². The summed E-state index contributed by atoms with van der Waals surface area (Å²) in [7, 11) is 1.82. The first-order valence-corrected chi connectivity index (χ1v) is 7.61. The third kappa shape index (κ3) is 4.23. The summed E-state index contributed by atoms with van der Waals surface area (Å²) in [5.74, 6) is -0.164. The summed E-state index contributed by atoms with van der Waals surface area (Å²) in [6.45, 7) is 2.22. The molecule has 25 heavy (non-hydrogen) atoms. The van der Waals surface area contributed by atoms with Crippen LogP contribution in [0.3, 0.4) is 0 Å². The molecule has 0 radical (unpaired) electrons. The molecule has 1 amide bonds. The Labute approximate surface area is 143 Å². The number of nitrogens with zero attached hydrogens (tertiary/aromatic N) is 3. The number of nitrogens with one attached hydrogen (secondary N) is 1. The second kappa shape index (κ2) is 7.16. The van der Waals surface area contributed by atoms with Crippen LogP contribution in [0.5, 0.6) is 5.75 Å². The number of rotatable bonds is 6.